The lowest BCUT2D eigenvalue weighted by Gasteiger charge is -2.03. The van der Waals surface area contributed by atoms with Crippen LogP contribution in [0.4, 0.5) is 0 Å². The van der Waals surface area contributed by atoms with E-state index in [1.807, 2.05) is 6.92 Å². The largest absolute Gasteiger partial charge is 0.481 e. The monoisotopic (exact) mass is 182 g/mol. The maximum Gasteiger partial charge on any atom is 0.314 e. The summed E-state index contributed by atoms with van der Waals surface area (Å²) in [7, 11) is 2.36. The van der Waals surface area contributed by atoms with E-state index in [0.717, 1.165) is 10.8 Å². The first-order valence-corrected chi connectivity index (χ1v) is 5.23. The molecule has 10 heavy (non-hydrogen) atoms. The number of carbonyl (C=O) groups is 1. The number of hydrogen-bond acceptors (Lipinski definition) is 4. The van der Waals surface area contributed by atoms with Crippen molar-refractivity contribution in [2.75, 3.05) is 5.75 Å². The van der Waals surface area contributed by atoms with E-state index < -0.39 is 11.4 Å². The molecule has 0 saturated carbocycles. The lowest BCUT2D eigenvalue weighted by molar-refractivity contribution is -0.133. The Kier molecular flexibility index (Phi) is 5.96. The highest BCUT2D eigenvalue weighted by Gasteiger charge is 2.03. The van der Waals surface area contributed by atoms with Crippen molar-refractivity contribution in [1.82, 2.24) is 0 Å². The van der Waals surface area contributed by atoms with Crippen molar-refractivity contribution in [3.63, 3.8) is 0 Å². The summed E-state index contributed by atoms with van der Waals surface area (Å²) in [6, 6.07) is 0. The maximum atomic E-state index is 9.95. The highest BCUT2D eigenvalue weighted by Crippen LogP contribution is 2.26. The van der Waals surface area contributed by atoms with Gasteiger partial charge in [-0.05, 0) is 6.42 Å². The summed E-state index contributed by atoms with van der Waals surface area (Å²) in [6.07, 6.45) is 0.650. The molecule has 1 unspecified atom stereocenters. The third kappa shape index (κ3) is 6.25. The minimum atomic E-state index is -0.846. The molecule has 1 atom stereocenters. The highest BCUT2D eigenvalue weighted by molar-refractivity contribution is 8.77. The molecule has 0 rings (SSSR count). The number of rotatable bonds is 5. The van der Waals surface area contributed by atoms with Gasteiger partial charge in [0.25, 0.3) is 0 Å². The Morgan fingerprint density at radius 2 is 2.30 bits per heavy atom. The minimum Gasteiger partial charge on any atom is -0.481 e. The molecule has 0 amide bonds. The fraction of sp³-hybridized carbons (Fsp3) is 0.800. The second kappa shape index (κ2) is 5.88. The van der Waals surface area contributed by atoms with E-state index in [9.17, 15) is 4.79 Å². The summed E-state index contributed by atoms with van der Waals surface area (Å²) >= 11 is 0. The van der Waals surface area contributed by atoms with Crippen molar-refractivity contribution >= 4 is 27.6 Å². The van der Waals surface area contributed by atoms with Crippen LogP contribution in [0.2, 0.25) is 0 Å². The molecule has 0 aliphatic carbocycles. The molecular formula is C5H10O3S2. The van der Waals surface area contributed by atoms with Gasteiger partial charge in [0, 0.05) is 0 Å². The molecule has 0 aliphatic rings. The third-order valence-corrected chi connectivity index (χ3v) is 3.20. The Labute approximate surface area is 67.6 Å². The van der Waals surface area contributed by atoms with Gasteiger partial charge in [0.05, 0.1) is 0 Å². The van der Waals surface area contributed by atoms with Gasteiger partial charge in [0.2, 0.25) is 0 Å². The summed E-state index contributed by atoms with van der Waals surface area (Å²) < 4.78 is 0. The summed E-state index contributed by atoms with van der Waals surface area (Å²) in [5.41, 5.74) is -0.440. The fourth-order valence-electron chi connectivity index (χ4n) is 0.231. The third-order valence-electron chi connectivity index (χ3n) is 0.711. The Hall–Kier alpha value is 0.130. The number of aliphatic hydroxyl groups is 1. The predicted octanol–water partition coefficient (Wildman–Crippen LogP) is 1.18. The van der Waals surface area contributed by atoms with E-state index in [0.29, 0.717) is 6.42 Å². The lowest BCUT2D eigenvalue weighted by Crippen LogP contribution is -1.99. The van der Waals surface area contributed by atoms with Gasteiger partial charge < -0.3 is 10.2 Å². The van der Waals surface area contributed by atoms with Gasteiger partial charge in [-0.15, -0.1) is 0 Å². The Morgan fingerprint density at radius 3 is 2.70 bits per heavy atom. The summed E-state index contributed by atoms with van der Waals surface area (Å²) in [5.74, 6) is -0.803. The van der Waals surface area contributed by atoms with E-state index in [2.05, 4.69) is 0 Å². The molecule has 0 aromatic carbocycles. The van der Waals surface area contributed by atoms with Crippen LogP contribution in [-0.4, -0.2) is 27.4 Å². The fourth-order valence-corrected chi connectivity index (χ4v) is 2.08. The Bertz CT molecular complexity index is 107. The second-order valence-electron chi connectivity index (χ2n) is 1.62. The van der Waals surface area contributed by atoms with Crippen molar-refractivity contribution in [1.29, 1.82) is 0 Å². The molecule has 0 saturated heterocycles. The zero-order valence-electron chi connectivity index (χ0n) is 5.61. The molecule has 0 aliphatic heterocycles. The van der Waals surface area contributed by atoms with E-state index in [4.69, 9.17) is 10.2 Å². The molecular weight excluding hydrogens is 172 g/mol. The SMILES string of the molecule is CCC(O)SSCC(=O)O. The van der Waals surface area contributed by atoms with Crippen LogP contribution >= 0.6 is 21.6 Å². The van der Waals surface area contributed by atoms with E-state index >= 15 is 0 Å². The highest BCUT2D eigenvalue weighted by atomic mass is 33.1. The van der Waals surface area contributed by atoms with Gasteiger partial charge in [0.1, 0.15) is 11.2 Å². The summed E-state index contributed by atoms with van der Waals surface area (Å²) in [4.78, 5) is 9.95. The molecule has 0 aromatic rings. The Balaban J connectivity index is 3.11. The van der Waals surface area contributed by atoms with Gasteiger partial charge in [0.15, 0.2) is 0 Å². The zero-order valence-corrected chi connectivity index (χ0v) is 7.24. The van der Waals surface area contributed by atoms with Crippen LogP contribution in [0.5, 0.6) is 0 Å². The second-order valence-corrected chi connectivity index (χ2v) is 4.16. The number of carboxylic acids is 1. The molecule has 3 nitrogen and oxygen atoms in total. The van der Waals surface area contributed by atoms with Crippen LogP contribution in [0.3, 0.4) is 0 Å². The molecule has 0 aromatic heterocycles. The van der Waals surface area contributed by atoms with Gasteiger partial charge in [-0.3, -0.25) is 4.79 Å². The van der Waals surface area contributed by atoms with Crippen LogP contribution in [0.1, 0.15) is 13.3 Å². The molecule has 0 radical (unpaired) electrons. The molecule has 5 heteroatoms. The van der Waals surface area contributed by atoms with Crippen molar-refractivity contribution in [2.45, 2.75) is 18.8 Å². The van der Waals surface area contributed by atoms with Gasteiger partial charge in [-0.2, -0.15) is 0 Å². The normalized spacial score (nSPS) is 13.0. The predicted molar refractivity (Wildman–Crippen MR) is 44.0 cm³/mol. The molecule has 0 bridgehead atoms. The lowest BCUT2D eigenvalue weighted by atomic mass is 10.5. The maximum absolute atomic E-state index is 9.95. The first-order valence-electron chi connectivity index (χ1n) is 2.85. The molecule has 2 N–H and O–H groups in total. The molecule has 0 heterocycles. The van der Waals surface area contributed by atoms with Crippen molar-refractivity contribution in [3.8, 4) is 0 Å². The number of aliphatic hydroxyl groups excluding tert-OH is 1. The van der Waals surface area contributed by atoms with Crippen molar-refractivity contribution in [3.05, 3.63) is 0 Å². The van der Waals surface area contributed by atoms with Gasteiger partial charge in [-0.25, -0.2) is 0 Å². The van der Waals surface area contributed by atoms with Crippen LogP contribution < -0.4 is 0 Å². The minimum absolute atomic E-state index is 0.0434. The smallest absolute Gasteiger partial charge is 0.314 e. The summed E-state index contributed by atoms with van der Waals surface area (Å²) in [5, 5.41) is 17.1. The number of hydrogen-bond donors (Lipinski definition) is 2. The molecule has 0 fully saturated rings. The first kappa shape index (κ1) is 10.1. The summed E-state index contributed by atoms with van der Waals surface area (Å²) in [6.45, 7) is 1.85. The topological polar surface area (TPSA) is 57.5 Å². The van der Waals surface area contributed by atoms with Gasteiger partial charge >= 0.3 is 5.97 Å². The standard InChI is InChI=1S/C5H10O3S2/c1-2-5(8)10-9-3-4(6)7/h5,8H,2-3H2,1H3,(H,6,7). The average molecular weight is 182 g/mol. The number of carboxylic acid groups (broad SMARTS) is 1. The molecule has 60 valence electrons. The Morgan fingerprint density at radius 1 is 1.70 bits per heavy atom. The van der Waals surface area contributed by atoms with Gasteiger partial charge in [-0.1, -0.05) is 28.5 Å². The van der Waals surface area contributed by atoms with Crippen LogP contribution in [-0.2, 0) is 4.79 Å². The van der Waals surface area contributed by atoms with Crippen LogP contribution in [0.15, 0.2) is 0 Å². The van der Waals surface area contributed by atoms with Crippen LogP contribution in [0.25, 0.3) is 0 Å². The number of aliphatic carboxylic acids is 1. The first-order chi connectivity index (χ1) is 4.66. The van der Waals surface area contributed by atoms with E-state index in [1.165, 1.54) is 10.8 Å². The quantitative estimate of drug-likeness (QED) is 0.494. The average Bonchev–Trinajstić information content (AvgIpc) is 1.87. The van der Waals surface area contributed by atoms with Crippen molar-refractivity contribution in [2.24, 2.45) is 0 Å². The van der Waals surface area contributed by atoms with Crippen molar-refractivity contribution < 1.29 is 15.0 Å². The molecule has 0 spiro atoms. The zero-order chi connectivity index (χ0) is 7.98. The van der Waals surface area contributed by atoms with E-state index in [1.54, 1.807) is 0 Å². The van der Waals surface area contributed by atoms with E-state index in [-0.39, 0.29) is 5.75 Å². The van der Waals surface area contributed by atoms with Crippen LogP contribution in [0, 0.1) is 0 Å².